The summed E-state index contributed by atoms with van der Waals surface area (Å²) in [6.07, 6.45) is 4.38. The number of nitrogens with zero attached hydrogens (tertiary/aromatic N) is 4. The van der Waals surface area contributed by atoms with Crippen molar-refractivity contribution in [2.75, 3.05) is 25.2 Å². The first-order chi connectivity index (χ1) is 16.1. The van der Waals surface area contributed by atoms with Crippen LogP contribution in [0.25, 0.3) is 11.0 Å². The van der Waals surface area contributed by atoms with Gasteiger partial charge in [-0.15, -0.1) is 0 Å². The first kappa shape index (κ1) is 21.7. The molecule has 1 saturated heterocycles. The summed E-state index contributed by atoms with van der Waals surface area (Å²) < 4.78 is 13.5. The van der Waals surface area contributed by atoms with Crippen LogP contribution >= 0.6 is 11.6 Å². The average molecular weight is 464 g/mol. The summed E-state index contributed by atoms with van der Waals surface area (Å²) in [6.45, 7) is 1.53. The number of anilines is 2. The molecule has 0 saturated carbocycles. The molecule has 0 bridgehead atoms. The Labute approximate surface area is 197 Å². The third-order valence-electron chi connectivity index (χ3n) is 5.97. The summed E-state index contributed by atoms with van der Waals surface area (Å²) in [5.74, 6) is 2.35. The van der Waals surface area contributed by atoms with Crippen LogP contribution in [0.2, 0.25) is 5.02 Å². The molecule has 5 rings (SSSR count). The van der Waals surface area contributed by atoms with E-state index in [1.54, 1.807) is 19.5 Å². The second kappa shape index (κ2) is 9.39. The number of rotatable bonds is 7. The number of fused-ring (bicyclic) bond motifs is 1. The van der Waals surface area contributed by atoms with Crippen LogP contribution in [0, 0.1) is 0 Å². The summed E-state index contributed by atoms with van der Waals surface area (Å²) in [5.41, 5.74) is 2.96. The van der Waals surface area contributed by atoms with Gasteiger partial charge in [-0.25, -0.2) is 4.98 Å². The highest BCUT2D eigenvalue weighted by Gasteiger charge is 2.32. The second-order valence-corrected chi connectivity index (χ2v) is 8.64. The van der Waals surface area contributed by atoms with Gasteiger partial charge < -0.3 is 24.3 Å². The van der Waals surface area contributed by atoms with Gasteiger partial charge in [0.05, 0.1) is 23.7 Å². The third kappa shape index (κ3) is 4.53. The maximum absolute atomic E-state index is 6.18. The van der Waals surface area contributed by atoms with Gasteiger partial charge in [0.25, 0.3) is 0 Å². The molecule has 4 aromatic rings. The Hall–Kier alpha value is -3.13. The third-order valence-corrected chi connectivity index (χ3v) is 6.22. The number of halogens is 1. The molecule has 2 atom stereocenters. The van der Waals surface area contributed by atoms with Gasteiger partial charge in [-0.2, -0.15) is 0 Å². The minimum absolute atomic E-state index is 0.231. The molecule has 33 heavy (non-hydrogen) atoms. The van der Waals surface area contributed by atoms with Crippen LogP contribution in [0.3, 0.4) is 0 Å². The van der Waals surface area contributed by atoms with E-state index in [1.807, 2.05) is 61.6 Å². The number of hydrogen-bond acceptors (Lipinski definition) is 6. The molecular formula is C25H26ClN5O2. The monoisotopic (exact) mass is 463 g/mol. The fraction of sp³-hybridized carbons (Fsp3) is 0.280. The quantitative estimate of drug-likeness (QED) is 0.419. The fourth-order valence-corrected chi connectivity index (χ4v) is 4.53. The molecule has 1 N–H and O–H groups in total. The zero-order valence-corrected chi connectivity index (χ0v) is 19.4. The van der Waals surface area contributed by atoms with Crippen LogP contribution in [0.1, 0.15) is 6.42 Å². The standard InChI is InChI=1S/C25H26ClN5O2/c1-30-24-8-7-22(33-21-9-11-27-12-10-21)14-23(24)29-25(30)31(19-5-3-17(26)4-6-19)20-13-18(16-32-2)28-15-20/h3-12,14,18,20,28H,13,15-16H2,1-2H3/t18-,20-/m1/s1. The van der Waals surface area contributed by atoms with Crippen LogP contribution < -0.4 is 15.0 Å². The molecule has 7 nitrogen and oxygen atoms in total. The lowest BCUT2D eigenvalue weighted by molar-refractivity contribution is 0.173. The van der Waals surface area contributed by atoms with Crippen molar-refractivity contribution in [3.63, 3.8) is 0 Å². The lowest BCUT2D eigenvalue weighted by atomic mass is 10.1. The second-order valence-electron chi connectivity index (χ2n) is 8.20. The Morgan fingerprint density at radius 3 is 2.64 bits per heavy atom. The summed E-state index contributed by atoms with van der Waals surface area (Å²) in [5, 5.41) is 4.29. The number of pyridine rings is 1. The number of ether oxygens (including phenoxy) is 2. The first-order valence-electron chi connectivity index (χ1n) is 10.9. The van der Waals surface area contributed by atoms with Gasteiger partial charge in [0.15, 0.2) is 0 Å². The molecule has 2 aromatic heterocycles. The molecular weight excluding hydrogens is 438 g/mol. The van der Waals surface area contributed by atoms with Crippen LogP contribution in [-0.2, 0) is 11.8 Å². The molecule has 1 aliphatic heterocycles. The fourth-order valence-electron chi connectivity index (χ4n) is 4.40. The van der Waals surface area contributed by atoms with Crippen molar-refractivity contribution >= 4 is 34.3 Å². The van der Waals surface area contributed by atoms with E-state index in [-0.39, 0.29) is 6.04 Å². The number of aryl methyl sites for hydroxylation is 1. The molecule has 1 aliphatic rings. The largest absolute Gasteiger partial charge is 0.457 e. The molecule has 0 radical (unpaired) electrons. The van der Waals surface area contributed by atoms with Crippen molar-refractivity contribution in [2.24, 2.45) is 7.05 Å². The molecule has 0 aliphatic carbocycles. The molecule has 170 valence electrons. The Morgan fingerprint density at radius 1 is 1.09 bits per heavy atom. The lowest BCUT2D eigenvalue weighted by Gasteiger charge is -2.30. The van der Waals surface area contributed by atoms with Crippen molar-refractivity contribution in [3.05, 3.63) is 72.0 Å². The van der Waals surface area contributed by atoms with Gasteiger partial charge in [-0.3, -0.25) is 4.98 Å². The van der Waals surface area contributed by atoms with Crippen LogP contribution in [0.15, 0.2) is 67.0 Å². The topological polar surface area (TPSA) is 64.4 Å². The Bertz CT molecular complexity index is 1230. The smallest absolute Gasteiger partial charge is 0.211 e. The molecule has 0 amide bonds. The number of hydrogen-bond donors (Lipinski definition) is 1. The average Bonchev–Trinajstić information content (AvgIpc) is 3.41. The molecule has 3 heterocycles. The van der Waals surface area contributed by atoms with Gasteiger partial charge in [0, 0.05) is 55.9 Å². The van der Waals surface area contributed by atoms with E-state index >= 15 is 0 Å². The molecule has 0 unspecified atom stereocenters. The van der Waals surface area contributed by atoms with Crippen molar-refractivity contribution in [2.45, 2.75) is 18.5 Å². The van der Waals surface area contributed by atoms with Crippen LogP contribution in [0.5, 0.6) is 11.5 Å². The van der Waals surface area contributed by atoms with Crippen LogP contribution in [-0.4, -0.2) is 46.9 Å². The number of aromatic nitrogens is 3. The number of benzene rings is 2. The maximum Gasteiger partial charge on any atom is 0.211 e. The van der Waals surface area contributed by atoms with Gasteiger partial charge in [-0.1, -0.05) is 11.6 Å². The Balaban J connectivity index is 1.52. The number of imidazole rings is 1. The first-order valence-corrected chi connectivity index (χ1v) is 11.3. The highest BCUT2D eigenvalue weighted by molar-refractivity contribution is 6.30. The van der Waals surface area contributed by atoms with E-state index in [4.69, 9.17) is 26.1 Å². The Kier molecular flexibility index (Phi) is 6.17. The van der Waals surface area contributed by atoms with Crippen molar-refractivity contribution in [1.82, 2.24) is 19.9 Å². The van der Waals surface area contributed by atoms with E-state index in [1.165, 1.54) is 0 Å². The summed E-state index contributed by atoms with van der Waals surface area (Å²) >= 11 is 6.18. The van der Waals surface area contributed by atoms with Crippen molar-refractivity contribution in [3.8, 4) is 11.5 Å². The summed E-state index contributed by atoms with van der Waals surface area (Å²) in [4.78, 5) is 11.4. The normalized spacial score (nSPS) is 18.0. The molecule has 1 fully saturated rings. The zero-order valence-electron chi connectivity index (χ0n) is 18.6. The van der Waals surface area contributed by atoms with E-state index in [0.29, 0.717) is 17.7 Å². The van der Waals surface area contributed by atoms with Crippen molar-refractivity contribution in [1.29, 1.82) is 0 Å². The molecule has 8 heteroatoms. The molecule has 0 spiro atoms. The van der Waals surface area contributed by atoms with Gasteiger partial charge >= 0.3 is 0 Å². The highest BCUT2D eigenvalue weighted by atomic mass is 35.5. The van der Waals surface area contributed by atoms with Gasteiger partial charge in [0.2, 0.25) is 5.95 Å². The minimum atomic E-state index is 0.231. The van der Waals surface area contributed by atoms with E-state index < -0.39 is 0 Å². The van der Waals surface area contributed by atoms with Crippen LogP contribution in [0.4, 0.5) is 11.6 Å². The summed E-state index contributed by atoms with van der Waals surface area (Å²) in [7, 11) is 3.79. The summed E-state index contributed by atoms with van der Waals surface area (Å²) in [6, 6.07) is 18.1. The minimum Gasteiger partial charge on any atom is -0.457 e. The van der Waals surface area contributed by atoms with E-state index in [2.05, 4.69) is 19.8 Å². The lowest BCUT2D eigenvalue weighted by Crippen LogP contribution is -2.34. The predicted molar refractivity (Wildman–Crippen MR) is 131 cm³/mol. The number of nitrogens with one attached hydrogen (secondary N) is 1. The zero-order chi connectivity index (χ0) is 22.8. The molecule has 2 aromatic carbocycles. The maximum atomic E-state index is 6.18. The highest BCUT2D eigenvalue weighted by Crippen LogP contribution is 2.34. The Morgan fingerprint density at radius 2 is 1.88 bits per heavy atom. The SMILES string of the molecule is COC[C@H]1C[C@@H](N(c2ccc(Cl)cc2)c2nc3cc(Oc4ccncc4)ccc3n2C)CN1. The van der Waals surface area contributed by atoms with Gasteiger partial charge in [0.1, 0.15) is 11.5 Å². The van der Waals surface area contributed by atoms with E-state index in [9.17, 15) is 0 Å². The van der Waals surface area contributed by atoms with E-state index in [0.717, 1.165) is 47.1 Å². The van der Waals surface area contributed by atoms with Crippen molar-refractivity contribution < 1.29 is 9.47 Å². The van der Waals surface area contributed by atoms with Gasteiger partial charge in [-0.05, 0) is 55.0 Å². The number of methoxy groups -OCH3 is 1. The predicted octanol–water partition coefficient (Wildman–Crippen LogP) is 4.93.